The van der Waals surface area contributed by atoms with Crippen molar-refractivity contribution in [1.29, 1.82) is 0 Å². The summed E-state index contributed by atoms with van der Waals surface area (Å²) in [5.41, 5.74) is 1.06. The number of amides is 1. The highest BCUT2D eigenvalue weighted by Gasteiger charge is 2.09. The fraction of sp³-hybridized carbons (Fsp3) is 0.375. The number of ether oxygens (including phenoxy) is 2. The predicted octanol–water partition coefficient (Wildman–Crippen LogP) is 2.44. The van der Waals surface area contributed by atoms with E-state index in [2.05, 4.69) is 10.5 Å². The first kappa shape index (κ1) is 15.9. The van der Waals surface area contributed by atoms with Gasteiger partial charge in [-0.1, -0.05) is 11.2 Å². The number of rotatable bonds is 8. The van der Waals surface area contributed by atoms with E-state index in [1.54, 1.807) is 0 Å². The van der Waals surface area contributed by atoms with Crippen LogP contribution in [0.5, 0.6) is 11.5 Å². The first-order valence-electron chi connectivity index (χ1n) is 7.32. The van der Waals surface area contributed by atoms with Crippen LogP contribution in [-0.4, -0.2) is 30.8 Å². The van der Waals surface area contributed by atoms with Gasteiger partial charge in [0.2, 0.25) is 5.76 Å². The molecule has 1 aromatic carbocycles. The summed E-state index contributed by atoms with van der Waals surface area (Å²) in [7, 11) is 0. The molecular weight excluding hydrogens is 284 g/mol. The van der Waals surface area contributed by atoms with Gasteiger partial charge in [0.1, 0.15) is 0 Å². The van der Waals surface area contributed by atoms with Gasteiger partial charge in [0, 0.05) is 12.6 Å². The minimum absolute atomic E-state index is 0.210. The zero-order valence-corrected chi connectivity index (χ0v) is 12.8. The van der Waals surface area contributed by atoms with Crippen molar-refractivity contribution in [2.24, 2.45) is 0 Å². The van der Waals surface area contributed by atoms with E-state index in [-0.39, 0.29) is 11.7 Å². The van der Waals surface area contributed by atoms with Crippen molar-refractivity contribution in [3.8, 4) is 11.5 Å². The van der Waals surface area contributed by atoms with Gasteiger partial charge < -0.3 is 19.3 Å². The van der Waals surface area contributed by atoms with Crippen molar-refractivity contribution < 1.29 is 18.8 Å². The second kappa shape index (κ2) is 8.07. The van der Waals surface area contributed by atoms with E-state index in [1.807, 2.05) is 32.0 Å². The summed E-state index contributed by atoms with van der Waals surface area (Å²) in [4.78, 5) is 11.7. The summed E-state index contributed by atoms with van der Waals surface area (Å²) >= 11 is 0. The molecule has 22 heavy (non-hydrogen) atoms. The molecule has 0 spiro atoms. The number of aromatic nitrogens is 1. The minimum atomic E-state index is -0.270. The first-order chi connectivity index (χ1) is 10.7. The van der Waals surface area contributed by atoms with Crippen molar-refractivity contribution in [2.45, 2.75) is 20.3 Å². The zero-order valence-electron chi connectivity index (χ0n) is 12.8. The van der Waals surface area contributed by atoms with E-state index in [0.717, 1.165) is 17.1 Å². The molecule has 0 saturated heterocycles. The Morgan fingerprint density at radius 1 is 1.18 bits per heavy atom. The second-order valence-electron chi connectivity index (χ2n) is 4.53. The normalized spacial score (nSPS) is 10.3. The van der Waals surface area contributed by atoms with Crippen molar-refractivity contribution in [3.05, 3.63) is 41.8 Å². The third-order valence-electron chi connectivity index (χ3n) is 2.97. The molecule has 0 aliphatic carbocycles. The van der Waals surface area contributed by atoms with E-state index < -0.39 is 0 Å². The van der Waals surface area contributed by atoms with E-state index in [9.17, 15) is 4.79 Å². The number of nitrogens with zero attached hydrogens (tertiary/aromatic N) is 1. The quantitative estimate of drug-likeness (QED) is 0.811. The van der Waals surface area contributed by atoms with E-state index in [4.69, 9.17) is 14.0 Å². The Morgan fingerprint density at radius 3 is 2.64 bits per heavy atom. The molecule has 0 radical (unpaired) electrons. The molecule has 0 aliphatic heterocycles. The number of hydrogen-bond acceptors (Lipinski definition) is 5. The van der Waals surface area contributed by atoms with Crippen LogP contribution in [0.1, 0.15) is 30.0 Å². The van der Waals surface area contributed by atoms with Crippen LogP contribution in [-0.2, 0) is 6.42 Å². The van der Waals surface area contributed by atoms with Crippen LogP contribution >= 0.6 is 0 Å². The lowest BCUT2D eigenvalue weighted by Gasteiger charge is -2.12. The maximum absolute atomic E-state index is 11.7. The molecule has 6 heteroatoms. The van der Waals surface area contributed by atoms with Crippen molar-refractivity contribution in [1.82, 2.24) is 10.5 Å². The van der Waals surface area contributed by atoms with Gasteiger partial charge in [0.15, 0.2) is 11.5 Å². The summed E-state index contributed by atoms with van der Waals surface area (Å²) in [6.07, 6.45) is 2.13. The Hall–Kier alpha value is -2.50. The van der Waals surface area contributed by atoms with Crippen LogP contribution < -0.4 is 14.8 Å². The fourth-order valence-electron chi connectivity index (χ4n) is 1.99. The summed E-state index contributed by atoms with van der Waals surface area (Å²) < 4.78 is 15.9. The third kappa shape index (κ3) is 4.25. The number of carbonyl (C=O) groups is 1. The first-order valence-corrected chi connectivity index (χ1v) is 7.32. The van der Waals surface area contributed by atoms with Crippen LogP contribution in [0.25, 0.3) is 0 Å². The Labute approximate surface area is 129 Å². The molecule has 1 aromatic heterocycles. The van der Waals surface area contributed by atoms with Gasteiger partial charge in [-0.15, -0.1) is 0 Å². The molecule has 2 aromatic rings. The summed E-state index contributed by atoms with van der Waals surface area (Å²) in [5, 5.41) is 6.28. The van der Waals surface area contributed by atoms with Gasteiger partial charge in [-0.3, -0.25) is 4.79 Å². The van der Waals surface area contributed by atoms with Crippen LogP contribution in [0.2, 0.25) is 0 Å². The minimum Gasteiger partial charge on any atom is -0.490 e. The smallest absolute Gasteiger partial charge is 0.289 e. The lowest BCUT2D eigenvalue weighted by molar-refractivity contribution is 0.0917. The topological polar surface area (TPSA) is 73.6 Å². The van der Waals surface area contributed by atoms with Crippen LogP contribution in [0.15, 0.2) is 35.0 Å². The van der Waals surface area contributed by atoms with Crippen molar-refractivity contribution >= 4 is 5.91 Å². The van der Waals surface area contributed by atoms with E-state index in [1.165, 1.54) is 12.3 Å². The second-order valence-corrected chi connectivity index (χ2v) is 4.53. The molecule has 6 nitrogen and oxygen atoms in total. The standard InChI is InChI=1S/C16H20N2O4/c1-3-20-13-6-5-12(11-15(13)21-4-2)7-9-17-16(19)14-8-10-18-22-14/h5-6,8,10-11H,3-4,7,9H2,1-2H3,(H,17,19). The molecule has 118 valence electrons. The fourth-order valence-corrected chi connectivity index (χ4v) is 1.99. The monoisotopic (exact) mass is 304 g/mol. The Balaban J connectivity index is 1.92. The Kier molecular flexibility index (Phi) is 5.82. The average molecular weight is 304 g/mol. The molecular formula is C16H20N2O4. The van der Waals surface area contributed by atoms with Gasteiger partial charge >= 0.3 is 0 Å². The maximum atomic E-state index is 11.7. The van der Waals surface area contributed by atoms with Crippen molar-refractivity contribution in [3.63, 3.8) is 0 Å². The molecule has 0 bridgehead atoms. The Bertz CT molecular complexity index is 596. The third-order valence-corrected chi connectivity index (χ3v) is 2.97. The highest BCUT2D eigenvalue weighted by atomic mass is 16.5. The lowest BCUT2D eigenvalue weighted by atomic mass is 10.1. The largest absolute Gasteiger partial charge is 0.490 e. The molecule has 0 aliphatic rings. The van der Waals surface area contributed by atoms with Crippen LogP contribution in [0.4, 0.5) is 0 Å². The SMILES string of the molecule is CCOc1ccc(CCNC(=O)c2ccno2)cc1OCC. The molecule has 1 amide bonds. The maximum Gasteiger partial charge on any atom is 0.289 e. The molecule has 0 unspecified atom stereocenters. The summed E-state index contributed by atoms with van der Waals surface area (Å²) in [5.74, 6) is 1.40. The Morgan fingerprint density at radius 2 is 1.95 bits per heavy atom. The molecule has 2 rings (SSSR count). The van der Waals surface area contributed by atoms with Gasteiger partial charge in [0.25, 0.3) is 5.91 Å². The number of hydrogen-bond donors (Lipinski definition) is 1. The molecule has 0 fully saturated rings. The van der Waals surface area contributed by atoms with Gasteiger partial charge in [0.05, 0.1) is 19.4 Å². The van der Waals surface area contributed by atoms with Crippen molar-refractivity contribution in [2.75, 3.05) is 19.8 Å². The highest BCUT2D eigenvalue weighted by Crippen LogP contribution is 2.28. The predicted molar refractivity (Wildman–Crippen MR) is 81.3 cm³/mol. The van der Waals surface area contributed by atoms with Crippen LogP contribution in [0.3, 0.4) is 0 Å². The van der Waals surface area contributed by atoms with Gasteiger partial charge in [-0.25, -0.2) is 0 Å². The molecule has 0 atom stereocenters. The van der Waals surface area contributed by atoms with Gasteiger partial charge in [-0.05, 0) is 38.0 Å². The highest BCUT2D eigenvalue weighted by molar-refractivity contribution is 5.91. The van der Waals surface area contributed by atoms with E-state index >= 15 is 0 Å². The van der Waals surface area contributed by atoms with Crippen LogP contribution in [0, 0.1) is 0 Å². The van der Waals surface area contributed by atoms with Gasteiger partial charge in [-0.2, -0.15) is 0 Å². The van der Waals surface area contributed by atoms with E-state index in [0.29, 0.717) is 26.2 Å². The summed E-state index contributed by atoms with van der Waals surface area (Å²) in [6, 6.07) is 7.32. The molecule has 1 N–H and O–H groups in total. The molecule has 0 saturated carbocycles. The number of benzene rings is 1. The lowest BCUT2D eigenvalue weighted by Crippen LogP contribution is -2.25. The zero-order chi connectivity index (χ0) is 15.8. The number of carbonyl (C=O) groups excluding carboxylic acids is 1. The average Bonchev–Trinajstić information content (AvgIpc) is 3.04. The molecule has 1 heterocycles. The summed E-state index contributed by atoms with van der Waals surface area (Å²) in [6.45, 7) is 5.53. The number of nitrogens with one attached hydrogen (secondary N) is 1.